The Labute approximate surface area is 177 Å². The fourth-order valence-corrected chi connectivity index (χ4v) is 3.50. The molecule has 4 aromatic rings. The molecule has 0 spiro atoms. The molecule has 0 fully saturated rings. The number of nitrogens with two attached hydrogens (primary N) is 1. The van der Waals surface area contributed by atoms with Crippen molar-refractivity contribution in [2.45, 2.75) is 26.3 Å². The van der Waals surface area contributed by atoms with Gasteiger partial charge < -0.3 is 11.1 Å². The van der Waals surface area contributed by atoms with Crippen molar-refractivity contribution in [2.75, 3.05) is 11.1 Å². The van der Waals surface area contributed by atoms with Crippen LogP contribution >= 0.6 is 0 Å². The molecule has 1 aromatic heterocycles. The maximum absolute atomic E-state index is 6.14. The van der Waals surface area contributed by atoms with Gasteiger partial charge in [-0.1, -0.05) is 92.7 Å². The first-order valence-electron chi connectivity index (χ1n) is 10.2. The van der Waals surface area contributed by atoms with Gasteiger partial charge in [0, 0.05) is 12.1 Å². The lowest BCUT2D eigenvalue weighted by molar-refractivity contribution is 0.866. The Morgan fingerprint density at radius 2 is 1.50 bits per heavy atom. The van der Waals surface area contributed by atoms with Crippen LogP contribution in [-0.2, 0) is 6.54 Å². The molecule has 30 heavy (non-hydrogen) atoms. The van der Waals surface area contributed by atoms with Crippen molar-refractivity contribution in [1.82, 2.24) is 9.97 Å². The second-order valence-electron chi connectivity index (χ2n) is 7.66. The van der Waals surface area contributed by atoms with Gasteiger partial charge in [-0.3, -0.25) is 0 Å². The third kappa shape index (κ3) is 4.33. The topological polar surface area (TPSA) is 63.8 Å². The first kappa shape index (κ1) is 19.6. The number of anilines is 2. The van der Waals surface area contributed by atoms with Gasteiger partial charge in [-0.25, -0.2) is 9.97 Å². The van der Waals surface area contributed by atoms with Gasteiger partial charge in [-0.2, -0.15) is 0 Å². The summed E-state index contributed by atoms with van der Waals surface area (Å²) in [6.45, 7) is 4.99. The standard InChI is InChI=1S/C26H26N4/c1-18(2)22-10-6-7-11-23(22)25-29-17-24(27)26(30-25)28-16-19-12-14-21(15-13-19)20-8-4-3-5-9-20/h3-15,17-18H,16,27H2,1-2H3,(H,28,29,30). The zero-order valence-corrected chi connectivity index (χ0v) is 17.3. The number of nitrogen functional groups attached to an aromatic ring is 1. The molecule has 0 amide bonds. The van der Waals surface area contributed by atoms with Gasteiger partial charge in [0.1, 0.15) is 0 Å². The fraction of sp³-hybridized carbons (Fsp3) is 0.154. The second kappa shape index (κ2) is 8.78. The van der Waals surface area contributed by atoms with Crippen LogP contribution in [0.3, 0.4) is 0 Å². The van der Waals surface area contributed by atoms with Crippen LogP contribution in [0.25, 0.3) is 22.5 Å². The van der Waals surface area contributed by atoms with Crippen LogP contribution in [0.1, 0.15) is 30.9 Å². The average molecular weight is 395 g/mol. The summed E-state index contributed by atoms with van der Waals surface area (Å²) in [6.07, 6.45) is 1.68. The van der Waals surface area contributed by atoms with Gasteiger partial charge in [0.15, 0.2) is 11.6 Å². The molecule has 3 aromatic carbocycles. The number of hydrogen-bond donors (Lipinski definition) is 2. The summed E-state index contributed by atoms with van der Waals surface area (Å²) in [5.41, 5.74) is 12.5. The minimum atomic E-state index is 0.391. The minimum Gasteiger partial charge on any atom is -0.394 e. The largest absolute Gasteiger partial charge is 0.394 e. The number of hydrogen-bond acceptors (Lipinski definition) is 4. The molecule has 4 rings (SSSR count). The first-order chi connectivity index (χ1) is 14.6. The van der Waals surface area contributed by atoms with E-state index in [0.717, 1.165) is 11.1 Å². The zero-order valence-electron chi connectivity index (χ0n) is 17.3. The Morgan fingerprint density at radius 3 is 2.23 bits per heavy atom. The van der Waals surface area contributed by atoms with Crippen LogP contribution in [0.4, 0.5) is 11.5 Å². The highest BCUT2D eigenvalue weighted by molar-refractivity contribution is 5.68. The molecule has 0 atom stereocenters. The van der Waals surface area contributed by atoms with E-state index < -0.39 is 0 Å². The molecule has 0 unspecified atom stereocenters. The van der Waals surface area contributed by atoms with Crippen LogP contribution in [-0.4, -0.2) is 9.97 Å². The van der Waals surface area contributed by atoms with E-state index in [0.29, 0.717) is 29.8 Å². The van der Waals surface area contributed by atoms with E-state index >= 15 is 0 Å². The van der Waals surface area contributed by atoms with Crippen molar-refractivity contribution in [3.05, 3.63) is 96.2 Å². The molecule has 0 aliphatic rings. The fourth-order valence-electron chi connectivity index (χ4n) is 3.50. The second-order valence-corrected chi connectivity index (χ2v) is 7.66. The Bertz CT molecular complexity index is 1120. The zero-order chi connectivity index (χ0) is 20.9. The van der Waals surface area contributed by atoms with E-state index in [1.165, 1.54) is 16.7 Å². The molecule has 0 bridgehead atoms. The molecular formula is C26H26N4. The van der Waals surface area contributed by atoms with Crippen LogP contribution in [0.15, 0.2) is 85.1 Å². The highest BCUT2D eigenvalue weighted by Gasteiger charge is 2.12. The summed E-state index contributed by atoms with van der Waals surface area (Å²) in [5, 5.41) is 3.37. The molecule has 3 N–H and O–H groups in total. The number of nitrogens with zero attached hydrogens (tertiary/aromatic N) is 2. The van der Waals surface area contributed by atoms with Crippen molar-refractivity contribution < 1.29 is 0 Å². The lowest BCUT2D eigenvalue weighted by atomic mass is 9.97. The summed E-state index contributed by atoms with van der Waals surface area (Å²) in [6, 6.07) is 27.2. The summed E-state index contributed by atoms with van der Waals surface area (Å²) in [5.74, 6) is 1.74. The highest BCUT2D eigenvalue weighted by Crippen LogP contribution is 2.28. The molecule has 0 aliphatic carbocycles. The normalized spacial score (nSPS) is 10.9. The molecule has 0 aliphatic heterocycles. The summed E-state index contributed by atoms with van der Waals surface area (Å²) < 4.78 is 0. The molecular weight excluding hydrogens is 368 g/mol. The third-order valence-corrected chi connectivity index (χ3v) is 5.16. The van der Waals surface area contributed by atoms with E-state index in [4.69, 9.17) is 10.7 Å². The van der Waals surface area contributed by atoms with Crippen LogP contribution in [0, 0.1) is 0 Å². The van der Waals surface area contributed by atoms with Crippen LogP contribution < -0.4 is 11.1 Å². The van der Waals surface area contributed by atoms with Crippen molar-refractivity contribution in [2.24, 2.45) is 0 Å². The summed E-state index contributed by atoms with van der Waals surface area (Å²) in [4.78, 5) is 9.19. The molecule has 4 nitrogen and oxygen atoms in total. The highest BCUT2D eigenvalue weighted by atomic mass is 15.0. The van der Waals surface area contributed by atoms with Gasteiger partial charge in [0.2, 0.25) is 0 Å². The maximum atomic E-state index is 6.14. The van der Waals surface area contributed by atoms with E-state index in [1.54, 1.807) is 6.20 Å². The number of aromatic nitrogens is 2. The van der Waals surface area contributed by atoms with E-state index in [-0.39, 0.29) is 0 Å². The maximum Gasteiger partial charge on any atom is 0.161 e. The Balaban J connectivity index is 1.52. The van der Waals surface area contributed by atoms with Crippen molar-refractivity contribution in [3.63, 3.8) is 0 Å². The van der Waals surface area contributed by atoms with Gasteiger partial charge in [0.05, 0.1) is 11.9 Å². The minimum absolute atomic E-state index is 0.391. The first-order valence-corrected chi connectivity index (χ1v) is 10.2. The average Bonchev–Trinajstić information content (AvgIpc) is 2.79. The van der Waals surface area contributed by atoms with Crippen molar-refractivity contribution in [3.8, 4) is 22.5 Å². The van der Waals surface area contributed by atoms with Crippen LogP contribution in [0.5, 0.6) is 0 Å². The summed E-state index contributed by atoms with van der Waals surface area (Å²) >= 11 is 0. The van der Waals surface area contributed by atoms with Gasteiger partial charge in [-0.15, -0.1) is 0 Å². The number of benzene rings is 3. The predicted molar refractivity (Wildman–Crippen MR) is 125 cm³/mol. The molecule has 0 radical (unpaired) electrons. The number of rotatable bonds is 6. The quantitative estimate of drug-likeness (QED) is 0.413. The molecule has 1 heterocycles. The smallest absolute Gasteiger partial charge is 0.161 e. The lowest BCUT2D eigenvalue weighted by Gasteiger charge is -2.14. The Kier molecular flexibility index (Phi) is 5.75. The van der Waals surface area contributed by atoms with E-state index in [2.05, 4.69) is 90.9 Å². The van der Waals surface area contributed by atoms with Gasteiger partial charge >= 0.3 is 0 Å². The van der Waals surface area contributed by atoms with E-state index in [9.17, 15) is 0 Å². The van der Waals surface area contributed by atoms with Gasteiger partial charge in [0.25, 0.3) is 0 Å². The Hall–Kier alpha value is -3.66. The van der Waals surface area contributed by atoms with Crippen molar-refractivity contribution >= 4 is 11.5 Å². The predicted octanol–water partition coefficient (Wildman–Crippen LogP) is 6.13. The molecule has 4 heteroatoms. The lowest BCUT2D eigenvalue weighted by Crippen LogP contribution is -2.07. The number of nitrogens with one attached hydrogen (secondary N) is 1. The van der Waals surface area contributed by atoms with Crippen LogP contribution in [0.2, 0.25) is 0 Å². The summed E-state index contributed by atoms with van der Waals surface area (Å²) in [7, 11) is 0. The molecule has 0 saturated heterocycles. The van der Waals surface area contributed by atoms with Gasteiger partial charge in [-0.05, 0) is 28.2 Å². The SMILES string of the molecule is CC(C)c1ccccc1-c1ncc(N)c(NCc2ccc(-c3ccccc3)cc2)n1. The van der Waals surface area contributed by atoms with E-state index in [1.807, 2.05) is 12.1 Å². The third-order valence-electron chi connectivity index (χ3n) is 5.16. The molecule has 0 saturated carbocycles. The Morgan fingerprint density at radius 1 is 0.833 bits per heavy atom. The van der Waals surface area contributed by atoms with Crippen molar-refractivity contribution in [1.29, 1.82) is 0 Å². The molecule has 150 valence electrons. The monoisotopic (exact) mass is 394 g/mol.